The summed E-state index contributed by atoms with van der Waals surface area (Å²) in [5.41, 5.74) is 3.67. The lowest BCUT2D eigenvalue weighted by Crippen LogP contribution is -2.47. The van der Waals surface area contributed by atoms with Crippen LogP contribution in [0.1, 0.15) is 37.3 Å². The molecule has 10 nitrogen and oxygen atoms in total. The van der Waals surface area contributed by atoms with Crippen molar-refractivity contribution >= 4 is 45.7 Å². The Morgan fingerprint density at radius 2 is 1.70 bits per heavy atom. The van der Waals surface area contributed by atoms with Crippen LogP contribution in [-0.2, 0) is 16.1 Å². The highest BCUT2D eigenvalue weighted by atomic mass is 35.5. The number of anilines is 2. The Labute approximate surface area is 260 Å². The van der Waals surface area contributed by atoms with Gasteiger partial charge in [-0.05, 0) is 72.1 Å². The highest BCUT2D eigenvalue weighted by Gasteiger charge is 2.35. The van der Waals surface area contributed by atoms with Crippen LogP contribution in [0.2, 0.25) is 5.02 Å². The first-order valence-corrected chi connectivity index (χ1v) is 15.0. The fourth-order valence-electron chi connectivity index (χ4n) is 5.57. The molecule has 1 saturated carbocycles. The molecule has 1 fully saturated rings. The van der Waals surface area contributed by atoms with Crippen molar-refractivity contribution in [1.82, 2.24) is 30.5 Å². The molecule has 1 atom stereocenters. The number of amides is 2. The Hall–Kier alpha value is -4.83. The molecule has 0 spiro atoms. The highest BCUT2D eigenvalue weighted by Crippen LogP contribution is 2.32. The standard InChI is InChI=1S/C33H33ClN8O2/c1-40(2)27-17-13-22(14-18-27)31(33(44)36-26-8-4-5-9-26)42(28-19-24-7-3-6-10-29(24)35-20-28)30(43)21-41-38-32(37-39-41)23-11-15-25(34)16-12-23/h3,6-7,10-20,26,31H,4-5,8-9,21H2,1-2H3,(H,36,44)/t31-/m1/s1. The number of carbonyl (C=O) groups excluding carboxylic acids is 2. The second-order valence-corrected chi connectivity index (χ2v) is 11.6. The molecule has 1 N–H and O–H groups in total. The second kappa shape index (κ2) is 12.8. The van der Waals surface area contributed by atoms with Crippen molar-refractivity contribution in [2.75, 3.05) is 23.9 Å². The molecule has 2 aromatic heterocycles. The van der Waals surface area contributed by atoms with E-state index in [1.807, 2.05) is 73.6 Å². The van der Waals surface area contributed by atoms with Gasteiger partial charge in [-0.1, -0.05) is 54.8 Å². The number of carbonyl (C=O) groups is 2. The van der Waals surface area contributed by atoms with E-state index < -0.39 is 6.04 Å². The molecule has 2 heterocycles. The number of hydrogen-bond acceptors (Lipinski definition) is 7. The lowest BCUT2D eigenvalue weighted by molar-refractivity contribution is -0.127. The van der Waals surface area contributed by atoms with Gasteiger partial charge in [-0.15, -0.1) is 10.2 Å². The van der Waals surface area contributed by atoms with Gasteiger partial charge in [0.2, 0.25) is 11.7 Å². The summed E-state index contributed by atoms with van der Waals surface area (Å²) in [5.74, 6) is -0.266. The third kappa shape index (κ3) is 6.40. The lowest BCUT2D eigenvalue weighted by atomic mass is 10.0. The Morgan fingerprint density at radius 3 is 2.43 bits per heavy atom. The van der Waals surface area contributed by atoms with Crippen LogP contribution in [-0.4, -0.2) is 57.1 Å². The normalized spacial score (nSPS) is 14.0. The predicted molar refractivity (Wildman–Crippen MR) is 171 cm³/mol. The average molecular weight is 609 g/mol. The average Bonchev–Trinajstić information content (AvgIpc) is 3.72. The number of aromatic nitrogens is 5. The van der Waals surface area contributed by atoms with Crippen LogP contribution in [0.25, 0.3) is 22.3 Å². The van der Waals surface area contributed by atoms with E-state index in [1.165, 1.54) is 9.70 Å². The predicted octanol–water partition coefficient (Wildman–Crippen LogP) is 5.44. The topological polar surface area (TPSA) is 109 Å². The fourth-order valence-corrected chi connectivity index (χ4v) is 5.70. The molecule has 0 aliphatic heterocycles. The molecule has 5 aromatic rings. The van der Waals surface area contributed by atoms with Crippen molar-refractivity contribution in [3.8, 4) is 11.4 Å². The van der Waals surface area contributed by atoms with Crippen molar-refractivity contribution in [3.05, 3.63) is 95.6 Å². The molecule has 44 heavy (non-hydrogen) atoms. The Kier molecular flexibility index (Phi) is 8.51. The summed E-state index contributed by atoms with van der Waals surface area (Å²) in [5, 5.41) is 17.4. The summed E-state index contributed by atoms with van der Waals surface area (Å²) >= 11 is 6.03. The first kappa shape index (κ1) is 29.3. The van der Waals surface area contributed by atoms with Gasteiger partial charge < -0.3 is 10.2 Å². The van der Waals surface area contributed by atoms with Crippen LogP contribution in [0.15, 0.2) is 85.1 Å². The van der Waals surface area contributed by atoms with Crippen molar-refractivity contribution < 1.29 is 9.59 Å². The van der Waals surface area contributed by atoms with E-state index in [-0.39, 0.29) is 24.4 Å². The van der Waals surface area contributed by atoms with E-state index in [2.05, 4.69) is 25.7 Å². The quantitative estimate of drug-likeness (QED) is 0.237. The minimum absolute atomic E-state index is 0.0663. The first-order valence-electron chi connectivity index (χ1n) is 14.6. The first-order chi connectivity index (χ1) is 21.4. The molecule has 0 bridgehead atoms. The van der Waals surface area contributed by atoms with Gasteiger partial charge in [0.25, 0.3) is 5.91 Å². The van der Waals surface area contributed by atoms with Gasteiger partial charge in [-0.25, -0.2) is 0 Å². The number of para-hydroxylation sites is 1. The van der Waals surface area contributed by atoms with E-state index in [4.69, 9.17) is 11.6 Å². The van der Waals surface area contributed by atoms with Crippen molar-refractivity contribution in [2.45, 2.75) is 44.3 Å². The number of tetrazole rings is 1. The van der Waals surface area contributed by atoms with Crippen LogP contribution < -0.4 is 15.1 Å². The van der Waals surface area contributed by atoms with E-state index >= 15 is 0 Å². The Bertz CT molecular complexity index is 1770. The summed E-state index contributed by atoms with van der Waals surface area (Å²) < 4.78 is 0. The summed E-state index contributed by atoms with van der Waals surface area (Å²) in [6, 6.07) is 23.4. The smallest absolute Gasteiger partial charge is 0.251 e. The van der Waals surface area contributed by atoms with E-state index in [0.29, 0.717) is 22.1 Å². The number of rotatable bonds is 9. The third-order valence-corrected chi connectivity index (χ3v) is 8.14. The van der Waals surface area contributed by atoms with Gasteiger partial charge in [-0.2, -0.15) is 4.80 Å². The maximum absolute atomic E-state index is 14.3. The SMILES string of the molecule is CN(C)c1ccc([C@H](C(=O)NC2CCCC2)N(C(=O)Cn2nnc(-c3ccc(Cl)cc3)n2)c2cnc3ccccc3c2)cc1. The minimum Gasteiger partial charge on any atom is -0.378 e. The lowest BCUT2D eigenvalue weighted by Gasteiger charge is -2.32. The third-order valence-electron chi connectivity index (χ3n) is 7.89. The van der Waals surface area contributed by atoms with Gasteiger partial charge in [0.15, 0.2) is 0 Å². The number of fused-ring (bicyclic) bond motifs is 1. The highest BCUT2D eigenvalue weighted by molar-refractivity contribution is 6.30. The van der Waals surface area contributed by atoms with E-state index in [0.717, 1.165) is 47.8 Å². The van der Waals surface area contributed by atoms with E-state index in [9.17, 15) is 9.59 Å². The number of pyridine rings is 1. The molecule has 11 heteroatoms. The summed E-state index contributed by atoms with van der Waals surface area (Å²) in [4.78, 5) is 37.9. The number of halogens is 1. The van der Waals surface area contributed by atoms with Crippen molar-refractivity contribution in [1.29, 1.82) is 0 Å². The number of benzene rings is 3. The number of nitrogens with zero attached hydrogens (tertiary/aromatic N) is 7. The largest absolute Gasteiger partial charge is 0.378 e. The summed E-state index contributed by atoms with van der Waals surface area (Å²) in [7, 11) is 3.92. The van der Waals surface area contributed by atoms with Gasteiger partial charge >= 0.3 is 0 Å². The minimum atomic E-state index is -0.957. The van der Waals surface area contributed by atoms with Crippen LogP contribution >= 0.6 is 11.6 Å². The maximum atomic E-state index is 14.3. The zero-order valence-electron chi connectivity index (χ0n) is 24.6. The molecular weight excluding hydrogens is 576 g/mol. The van der Waals surface area contributed by atoms with Gasteiger partial charge in [0, 0.05) is 41.8 Å². The molecule has 6 rings (SSSR count). The maximum Gasteiger partial charge on any atom is 0.251 e. The molecule has 3 aromatic carbocycles. The zero-order chi connectivity index (χ0) is 30.6. The van der Waals surface area contributed by atoms with Gasteiger partial charge in [0.1, 0.15) is 12.6 Å². The molecule has 0 unspecified atom stereocenters. The molecular formula is C33H33ClN8O2. The van der Waals surface area contributed by atoms with Crippen molar-refractivity contribution in [2.24, 2.45) is 0 Å². The van der Waals surface area contributed by atoms with E-state index in [1.54, 1.807) is 30.5 Å². The summed E-state index contributed by atoms with van der Waals surface area (Å²) in [6.45, 7) is -0.240. The number of nitrogens with one attached hydrogen (secondary N) is 1. The molecule has 0 radical (unpaired) electrons. The summed E-state index contributed by atoms with van der Waals surface area (Å²) in [6.07, 6.45) is 5.61. The molecule has 2 amide bonds. The Balaban J connectivity index is 1.40. The molecule has 0 saturated heterocycles. The van der Waals surface area contributed by atoms with Crippen LogP contribution in [0.4, 0.5) is 11.4 Å². The monoisotopic (exact) mass is 608 g/mol. The van der Waals surface area contributed by atoms with Gasteiger partial charge in [-0.3, -0.25) is 19.5 Å². The zero-order valence-corrected chi connectivity index (χ0v) is 25.4. The van der Waals surface area contributed by atoms with Crippen LogP contribution in [0.3, 0.4) is 0 Å². The number of hydrogen-bond donors (Lipinski definition) is 1. The Morgan fingerprint density at radius 1 is 0.977 bits per heavy atom. The van der Waals surface area contributed by atoms with Crippen molar-refractivity contribution in [3.63, 3.8) is 0 Å². The molecule has 1 aliphatic carbocycles. The molecule has 1 aliphatic rings. The fraction of sp³-hybridized carbons (Fsp3) is 0.273. The van der Waals surface area contributed by atoms with Crippen LogP contribution in [0.5, 0.6) is 0 Å². The molecule has 224 valence electrons. The second-order valence-electron chi connectivity index (χ2n) is 11.2. The van der Waals surface area contributed by atoms with Gasteiger partial charge in [0.05, 0.1) is 17.4 Å². The van der Waals surface area contributed by atoms with Crippen LogP contribution in [0, 0.1) is 0 Å².